The van der Waals surface area contributed by atoms with Crippen molar-refractivity contribution in [2.75, 3.05) is 12.8 Å². The zero-order chi connectivity index (χ0) is 13.1. The molecule has 0 amide bonds. The fraction of sp³-hybridized carbons (Fsp3) is 0.154. The molecule has 1 aromatic carbocycles. The Morgan fingerprint density at radius 2 is 2.11 bits per heavy atom. The number of para-hydroxylation sites is 1. The predicted octanol–water partition coefficient (Wildman–Crippen LogP) is 1.89. The number of aliphatic hydroxyl groups excluding tert-OH is 1. The standard InChI is InChI=1S/C13H13FN2O2/c1-18-11-4-2-3-9(12(11)15)13(17)8-5-6-16-7-10(8)14/h2-7,13,17H,15H2,1H3. The summed E-state index contributed by atoms with van der Waals surface area (Å²) in [5.41, 5.74) is 6.69. The van der Waals surface area contributed by atoms with Crippen LogP contribution >= 0.6 is 0 Å². The summed E-state index contributed by atoms with van der Waals surface area (Å²) in [6.07, 6.45) is 1.32. The molecule has 3 N–H and O–H groups in total. The molecule has 94 valence electrons. The topological polar surface area (TPSA) is 68.4 Å². The Balaban J connectivity index is 2.47. The third-order valence-corrected chi connectivity index (χ3v) is 2.71. The summed E-state index contributed by atoms with van der Waals surface area (Å²) in [5, 5.41) is 10.2. The van der Waals surface area contributed by atoms with Gasteiger partial charge in [0.2, 0.25) is 0 Å². The molecule has 0 aliphatic carbocycles. The van der Waals surface area contributed by atoms with E-state index in [1.165, 1.54) is 19.4 Å². The Hall–Kier alpha value is -2.14. The molecule has 0 radical (unpaired) electrons. The number of aliphatic hydroxyl groups is 1. The first-order chi connectivity index (χ1) is 8.65. The van der Waals surface area contributed by atoms with Crippen molar-refractivity contribution in [2.24, 2.45) is 0 Å². The first-order valence-corrected chi connectivity index (χ1v) is 5.35. The minimum Gasteiger partial charge on any atom is -0.495 e. The number of halogens is 1. The number of nitrogens with zero attached hydrogens (tertiary/aromatic N) is 1. The molecule has 0 spiro atoms. The lowest BCUT2D eigenvalue weighted by atomic mass is 10.00. The zero-order valence-electron chi connectivity index (χ0n) is 9.80. The quantitative estimate of drug-likeness (QED) is 0.814. The smallest absolute Gasteiger partial charge is 0.147 e. The molecule has 1 aromatic heterocycles. The van der Waals surface area contributed by atoms with Crippen LogP contribution < -0.4 is 10.5 Å². The van der Waals surface area contributed by atoms with Gasteiger partial charge < -0.3 is 15.6 Å². The zero-order valence-corrected chi connectivity index (χ0v) is 9.80. The Labute approximate surface area is 104 Å². The van der Waals surface area contributed by atoms with Crippen LogP contribution in [0.5, 0.6) is 5.75 Å². The summed E-state index contributed by atoms with van der Waals surface area (Å²) in [6, 6.07) is 6.41. The first kappa shape index (κ1) is 12.3. The van der Waals surface area contributed by atoms with Crippen molar-refractivity contribution in [3.63, 3.8) is 0 Å². The molecule has 0 aliphatic heterocycles. The molecule has 0 aliphatic rings. The fourth-order valence-corrected chi connectivity index (χ4v) is 1.75. The van der Waals surface area contributed by atoms with E-state index in [4.69, 9.17) is 10.5 Å². The molecule has 1 atom stereocenters. The molecule has 0 saturated heterocycles. The van der Waals surface area contributed by atoms with Crippen LogP contribution in [-0.2, 0) is 0 Å². The highest BCUT2D eigenvalue weighted by Crippen LogP contribution is 2.33. The average Bonchev–Trinajstić information content (AvgIpc) is 2.39. The lowest BCUT2D eigenvalue weighted by molar-refractivity contribution is 0.215. The van der Waals surface area contributed by atoms with Gasteiger partial charge in [-0.3, -0.25) is 4.98 Å². The highest BCUT2D eigenvalue weighted by atomic mass is 19.1. The van der Waals surface area contributed by atoms with Crippen molar-refractivity contribution in [1.29, 1.82) is 0 Å². The third-order valence-electron chi connectivity index (χ3n) is 2.71. The van der Waals surface area contributed by atoms with Gasteiger partial charge in [-0.25, -0.2) is 4.39 Å². The molecular formula is C13H13FN2O2. The van der Waals surface area contributed by atoms with E-state index in [9.17, 15) is 9.50 Å². The van der Waals surface area contributed by atoms with Gasteiger partial charge in [0.25, 0.3) is 0 Å². The van der Waals surface area contributed by atoms with Crippen LogP contribution in [0.2, 0.25) is 0 Å². The largest absolute Gasteiger partial charge is 0.495 e. The number of nitrogens with two attached hydrogens (primary N) is 1. The molecule has 1 unspecified atom stereocenters. The number of rotatable bonds is 3. The van der Waals surface area contributed by atoms with E-state index in [0.717, 1.165) is 6.20 Å². The lowest BCUT2D eigenvalue weighted by Gasteiger charge is -2.16. The van der Waals surface area contributed by atoms with Gasteiger partial charge in [-0.05, 0) is 12.1 Å². The van der Waals surface area contributed by atoms with E-state index < -0.39 is 11.9 Å². The normalized spacial score (nSPS) is 12.2. The van der Waals surface area contributed by atoms with E-state index in [0.29, 0.717) is 17.0 Å². The number of aromatic nitrogens is 1. The minimum atomic E-state index is -1.15. The summed E-state index contributed by atoms with van der Waals surface area (Å²) >= 11 is 0. The average molecular weight is 248 g/mol. The highest BCUT2D eigenvalue weighted by molar-refractivity contribution is 5.60. The summed E-state index contributed by atoms with van der Waals surface area (Å²) in [7, 11) is 1.48. The second kappa shape index (κ2) is 5.01. The summed E-state index contributed by atoms with van der Waals surface area (Å²) in [4.78, 5) is 3.64. The van der Waals surface area contributed by atoms with Crippen molar-refractivity contribution < 1.29 is 14.2 Å². The number of anilines is 1. The second-order valence-corrected chi connectivity index (χ2v) is 3.76. The van der Waals surface area contributed by atoms with Gasteiger partial charge in [0.05, 0.1) is 19.0 Å². The maximum atomic E-state index is 13.5. The molecule has 2 rings (SSSR count). The van der Waals surface area contributed by atoms with Gasteiger partial charge in [-0.1, -0.05) is 12.1 Å². The van der Waals surface area contributed by atoms with E-state index >= 15 is 0 Å². The molecule has 5 heteroatoms. The van der Waals surface area contributed by atoms with E-state index in [1.807, 2.05) is 0 Å². The van der Waals surface area contributed by atoms with Crippen LogP contribution in [0.1, 0.15) is 17.2 Å². The van der Waals surface area contributed by atoms with Gasteiger partial charge in [0, 0.05) is 17.3 Å². The summed E-state index contributed by atoms with van der Waals surface area (Å²) in [5.74, 6) is -0.131. The van der Waals surface area contributed by atoms with E-state index in [2.05, 4.69) is 4.98 Å². The Kier molecular flexibility index (Phi) is 3.43. The van der Waals surface area contributed by atoms with E-state index in [-0.39, 0.29) is 5.56 Å². The second-order valence-electron chi connectivity index (χ2n) is 3.76. The number of pyridine rings is 1. The first-order valence-electron chi connectivity index (χ1n) is 5.35. The number of nitrogen functional groups attached to an aromatic ring is 1. The van der Waals surface area contributed by atoms with Gasteiger partial charge in [-0.15, -0.1) is 0 Å². The monoisotopic (exact) mass is 248 g/mol. The SMILES string of the molecule is COc1cccc(C(O)c2ccncc2F)c1N. The van der Waals surface area contributed by atoms with Crippen LogP contribution in [-0.4, -0.2) is 17.2 Å². The number of methoxy groups -OCH3 is 1. The Morgan fingerprint density at radius 1 is 1.33 bits per heavy atom. The number of benzene rings is 1. The fourth-order valence-electron chi connectivity index (χ4n) is 1.75. The lowest BCUT2D eigenvalue weighted by Crippen LogP contribution is -2.07. The Bertz CT molecular complexity index is 560. The van der Waals surface area contributed by atoms with Gasteiger partial charge in [0.15, 0.2) is 0 Å². The van der Waals surface area contributed by atoms with Gasteiger partial charge in [-0.2, -0.15) is 0 Å². The van der Waals surface area contributed by atoms with Crippen molar-refractivity contribution in [3.05, 3.63) is 53.6 Å². The Morgan fingerprint density at radius 3 is 2.78 bits per heavy atom. The molecule has 0 saturated carbocycles. The molecule has 4 nitrogen and oxygen atoms in total. The number of hydrogen-bond donors (Lipinski definition) is 2. The molecule has 0 fully saturated rings. The van der Waals surface area contributed by atoms with Crippen molar-refractivity contribution in [3.8, 4) is 5.75 Å². The molecule has 0 bridgehead atoms. The van der Waals surface area contributed by atoms with Crippen LogP contribution in [0, 0.1) is 5.82 Å². The van der Waals surface area contributed by atoms with Crippen LogP contribution in [0.25, 0.3) is 0 Å². The molecular weight excluding hydrogens is 235 g/mol. The van der Waals surface area contributed by atoms with E-state index in [1.54, 1.807) is 18.2 Å². The van der Waals surface area contributed by atoms with Crippen LogP contribution in [0.3, 0.4) is 0 Å². The highest BCUT2D eigenvalue weighted by Gasteiger charge is 2.18. The van der Waals surface area contributed by atoms with Gasteiger partial charge in [0.1, 0.15) is 17.7 Å². The van der Waals surface area contributed by atoms with Crippen molar-refractivity contribution >= 4 is 5.69 Å². The summed E-state index contributed by atoms with van der Waals surface area (Å²) < 4.78 is 18.6. The van der Waals surface area contributed by atoms with Crippen LogP contribution in [0.4, 0.5) is 10.1 Å². The number of hydrogen-bond acceptors (Lipinski definition) is 4. The maximum Gasteiger partial charge on any atom is 0.147 e. The summed E-state index contributed by atoms with van der Waals surface area (Å²) in [6.45, 7) is 0. The molecule has 2 aromatic rings. The molecule has 18 heavy (non-hydrogen) atoms. The van der Waals surface area contributed by atoms with Crippen molar-refractivity contribution in [2.45, 2.75) is 6.10 Å². The number of ether oxygens (including phenoxy) is 1. The predicted molar refractivity (Wildman–Crippen MR) is 65.7 cm³/mol. The van der Waals surface area contributed by atoms with Crippen LogP contribution in [0.15, 0.2) is 36.7 Å². The minimum absolute atomic E-state index is 0.130. The van der Waals surface area contributed by atoms with Gasteiger partial charge >= 0.3 is 0 Å². The van der Waals surface area contributed by atoms with Crippen molar-refractivity contribution in [1.82, 2.24) is 4.98 Å². The third kappa shape index (κ3) is 2.12. The molecule has 1 heterocycles. The maximum absolute atomic E-state index is 13.5.